The largest absolute Gasteiger partial charge is 0.678 e. The Hall–Kier alpha value is -1.10. The number of carbonyl (C=O) groups is 1. The number of hydrogen-bond acceptors (Lipinski definition) is 10. The smallest absolute Gasteiger partial charge is 0.502 e. The first kappa shape index (κ1) is 35.1. The zero-order chi connectivity index (χ0) is 26.3. The van der Waals surface area contributed by atoms with Crippen LogP contribution in [-0.2, 0) is 45.3 Å². The van der Waals surface area contributed by atoms with Gasteiger partial charge in [0.2, 0.25) is 0 Å². The van der Waals surface area contributed by atoms with E-state index in [1.54, 1.807) is 6.26 Å². The average molecular weight is 527 g/mol. The standard InChI is InChI=1S/C18H34O6Si.C4H12O4Si/c1-6-13-20-14-10-12-17(5)24-25(22-8-3,23-9-4)16-11-15-21-18(19)7-2;1-5-9(6-2,7-3)8-4/h6-7,13,17H,2,8-12,14-16H2,1,3-5H3;1-4H3. The van der Waals surface area contributed by atoms with Crippen LogP contribution in [0.4, 0.5) is 0 Å². The molecule has 0 aliphatic rings. The molecule has 0 heterocycles. The first-order valence-corrected chi connectivity index (χ1v) is 15.0. The monoisotopic (exact) mass is 526 g/mol. The van der Waals surface area contributed by atoms with Crippen molar-refractivity contribution >= 4 is 23.8 Å². The van der Waals surface area contributed by atoms with Gasteiger partial charge in [-0.15, -0.1) is 0 Å². The van der Waals surface area contributed by atoms with Crippen molar-refractivity contribution in [2.24, 2.45) is 0 Å². The quantitative estimate of drug-likeness (QED) is 0.0764. The number of esters is 1. The zero-order valence-electron chi connectivity index (χ0n) is 22.3. The van der Waals surface area contributed by atoms with Crippen molar-refractivity contribution in [3.05, 3.63) is 25.0 Å². The summed E-state index contributed by atoms with van der Waals surface area (Å²) in [6.07, 6.45) is 7.10. The van der Waals surface area contributed by atoms with Gasteiger partial charge in [0, 0.05) is 59.9 Å². The molecular weight excluding hydrogens is 480 g/mol. The number of ether oxygens (including phenoxy) is 2. The molecule has 1 atom stereocenters. The summed E-state index contributed by atoms with van der Waals surface area (Å²) in [4.78, 5) is 11.1. The molecule has 0 saturated carbocycles. The molecule has 0 amide bonds. The second-order valence-electron chi connectivity index (χ2n) is 6.75. The normalized spacial score (nSPS) is 12.7. The summed E-state index contributed by atoms with van der Waals surface area (Å²) in [6, 6.07) is 0.610. The van der Waals surface area contributed by atoms with Gasteiger partial charge in [0.25, 0.3) is 0 Å². The van der Waals surface area contributed by atoms with Crippen LogP contribution in [0, 0.1) is 0 Å². The lowest BCUT2D eigenvalue weighted by Gasteiger charge is -2.31. The van der Waals surface area contributed by atoms with Crippen LogP contribution in [0.2, 0.25) is 6.04 Å². The fourth-order valence-corrected chi connectivity index (χ4v) is 6.57. The highest BCUT2D eigenvalue weighted by Crippen LogP contribution is 2.22. The maximum Gasteiger partial charge on any atom is 0.678 e. The van der Waals surface area contributed by atoms with Crippen molar-refractivity contribution in [3.63, 3.8) is 0 Å². The maximum atomic E-state index is 11.1. The second kappa shape index (κ2) is 22.4. The molecule has 0 fully saturated rings. The Bertz CT molecular complexity index is 506. The van der Waals surface area contributed by atoms with Gasteiger partial charge in [-0.3, -0.25) is 0 Å². The van der Waals surface area contributed by atoms with E-state index in [-0.39, 0.29) is 6.10 Å². The Balaban J connectivity index is 0. The Morgan fingerprint density at radius 2 is 1.50 bits per heavy atom. The topological polar surface area (TPSA) is 100 Å². The molecule has 0 N–H and O–H groups in total. The second-order valence-corrected chi connectivity index (χ2v) is 12.1. The minimum absolute atomic E-state index is 0.00898. The van der Waals surface area contributed by atoms with E-state index >= 15 is 0 Å². The Morgan fingerprint density at radius 3 is 1.91 bits per heavy atom. The summed E-state index contributed by atoms with van der Waals surface area (Å²) in [6.45, 7) is 13.2. The molecule has 0 rings (SSSR count). The fraction of sp³-hybridized carbons (Fsp3) is 0.773. The van der Waals surface area contributed by atoms with E-state index in [1.807, 2.05) is 33.8 Å². The van der Waals surface area contributed by atoms with Crippen molar-refractivity contribution in [1.82, 2.24) is 0 Å². The summed E-state index contributed by atoms with van der Waals surface area (Å²) in [5.41, 5.74) is 0. The van der Waals surface area contributed by atoms with Gasteiger partial charge in [-0.1, -0.05) is 12.7 Å². The first-order chi connectivity index (χ1) is 16.3. The summed E-state index contributed by atoms with van der Waals surface area (Å²) in [7, 11) is 0.476. The van der Waals surface area contributed by atoms with Crippen LogP contribution < -0.4 is 0 Å². The lowest BCUT2D eigenvalue weighted by atomic mass is 10.2. The van der Waals surface area contributed by atoms with Gasteiger partial charge in [0.05, 0.1) is 19.5 Å². The highest BCUT2D eigenvalue weighted by Gasteiger charge is 2.42. The third-order valence-electron chi connectivity index (χ3n) is 4.25. The van der Waals surface area contributed by atoms with E-state index in [1.165, 1.54) is 28.4 Å². The summed E-state index contributed by atoms with van der Waals surface area (Å²) >= 11 is 0. The average Bonchev–Trinajstić information content (AvgIpc) is 2.84. The number of allylic oxidation sites excluding steroid dienone is 1. The van der Waals surface area contributed by atoms with Crippen LogP contribution in [0.5, 0.6) is 0 Å². The van der Waals surface area contributed by atoms with Gasteiger partial charge < -0.3 is 40.5 Å². The van der Waals surface area contributed by atoms with Gasteiger partial charge in [0.15, 0.2) is 0 Å². The minimum Gasteiger partial charge on any atom is -0.502 e. The Morgan fingerprint density at radius 1 is 0.941 bits per heavy atom. The number of hydrogen-bond donors (Lipinski definition) is 0. The van der Waals surface area contributed by atoms with Gasteiger partial charge in [-0.2, -0.15) is 0 Å². The molecule has 1 unspecified atom stereocenters. The van der Waals surface area contributed by atoms with E-state index in [0.717, 1.165) is 18.9 Å². The first-order valence-electron chi connectivity index (χ1n) is 11.5. The highest BCUT2D eigenvalue weighted by atomic mass is 28.4. The van der Waals surface area contributed by atoms with Crippen LogP contribution in [0.1, 0.15) is 47.0 Å². The molecule has 0 aliphatic heterocycles. The van der Waals surface area contributed by atoms with Gasteiger partial charge in [-0.05, 0) is 47.0 Å². The van der Waals surface area contributed by atoms with E-state index in [9.17, 15) is 4.79 Å². The molecule has 0 saturated heterocycles. The zero-order valence-corrected chi connectivity index (χ0v) is 24.3. The highest BCUT2D eigenvalue weighted by molar-refractivity contribution is 6.60. The predicted octanol–water partition coefficient (Wildman–Crippen LogP) is 3.86. The van der Waals surface area contributed by atoms with E-state index < -0.39 is 23.8 Å². The molecule has 0 aromatic rings. The van der Waals surface area contributed by atoms with Crippen molar-refractivity contribution in [3.8, 4) is 0 Å². The van der Waals surface area contributed by atoms with E-state index in [0.29, 0.717) is 38.9 Å². The molecule has 34 heavy (non-hydrogen) atoms. The molecular formula is C22H46O10Si2. The lowest BCUT2D eigenvalue weighted by Crippen LogP contribution is -2.48. The molecule has 202 valence electrons. The molecule has 0 aromatic heterocycles. The summed E-state index contributed by atoms with van der Waals surface area (Å²) < 4.78 is 47.8. The third-order valence-corrected chi connectivity index (χ3v) is 9.44. The number of carbonyl (C=O) groups excluding carboxylic acids is 1. The van der Waals surface area contributed by atoms with Crippen molar-refractivity contribution < 1.29 is 45.3 Å². The van der Waals surface area contributed by atoms with Crippen molar-refractivity contribution in [1.29, 1.82) is 0 Å². The van der Waals surface area contributed by atoms with Crippen molar-refractivity contribution in [2.75, 3.05) is 54.9 Å². The molecule has 0 aliphatic carbocycles. The van der Waals surface area contributed by atoms with E-state index in [2.05, 4.69) is 6.58 Å². The van der Waals surface area contributed by atoms with E-state index in [4.69, 9.17) is 40.5 Å². The molecule has 10 nitrogen and oxygen atoms in total. The molecule has 0 aromatic carbocycles. The molecule has 0 spiro atoms. The van der Waals surface area contributed by atoms with Crippen LogP contribution in [0.25, 0.3) is 0 Å². The van der Waals surface area contributed by atoms with Crippen LogP contribution >= 0.6 is 0 Å². The Kier molecular flexibility index (Phi) is 23.1. The summed E-state index contributed by atoms with van der Waals surface area (Å²) in [5, 5.41) is 0. The minimum atomic E-state index is -2.79. The predicted molar refractivity (Wildman–Crippen MR) is 134 cm³/mol. The number of rotatable bonds is 20. The van der Waals surface area contributed by atoms with Crippen LogP contribution in [0.3, 0.4) is 0 Å². The molecule has 0 radical (unpaired) electrons. The molecule has 12 heteroatoms. The van der Waals surface area contributed by atoms with Crippen LogP contribution in [-0.4, -0.2) is 84.8 Å². The maximum absolute atomic E-state index is 11.1. The van der Waals surface area contributed by atoms with Crippen LogP contribution in [0.15, 0.2) is 25.0 Å². The van der Waals surface area contributed by atoms with Gasteiger partial charge >= 0.3 is 23.8 Å². The van der Waals surface area contributed by atoms with Gasteiger partial charge in [-0.25, -0.2) is 4.79 Å². The fourth-order valence-electron chi connectivity index (χ4n) is 2.76. The summed E-state index contributed by atoms with van der Waals surface area (Å²) in [5.74, 6) is -0.421. The van der Waals surface area contributed by atoms with Gasteiger partial charge in [0.1, 0.15) is 0 Å². The third kappa shape index (κ3) is 16.5. The lowest BCUT2D eigenvalue weighted by molar-refractivity contribution is -0.137. The SMILES string of the molecule is C=CC(=O)OCCC[Si](OCC)(OCC)OC(C)CCCOC=CC.CO[Si](OC)(OC)OC. The van der Waals surface area contributed by atoms with Crippen molar-refractivity contribution in [2.45, 2.75) is 59.1 Å². The Labute approximate surface area is 208 Å². The molecule has 0 bridgehead atoms.